The molecular formula is C25H22F12N2O5. The van der Waals surface area contributed by atoms with Crippen LogP contribution in [0.3, 0.4) is 0 Å². The summed E-state index contributed by atoms with van der Waals surface area (Å²) in [7, 11) is 0. The van der Waals surface area contributed by atoms with Crippen molar-refractivity contribution < 1.29 is 76.5 Å². The molecular weight excluding hydrogens is 636 g/mol. The van der Waals surface area contributed by atoms with Gasteiger partial charge in [0.05, 0.1) is 0 Å². The third-order valence-electron chi connectivity index (χ3n) is 5.60. The molecule has 44 heavy (non-hydrogen) atoms. The number of rotatable bonds is 14. The lowest BCUT2D eigenvalue weighted by molar-refractivity contribution is -0.416. The topological polar surface area (TPSA) is 85.9 Å². The lowest BCUT2D eigenvalue weighted by atomic mass is 9.94. The second-order valence-corrected chi connectivity index (χ2v) is 9.22. The average Bonchev–Trinajstić information content (AvgIpc) is 2.95. The molecule has 0 spiro atoms. The molecule has 246 valence electrons. The molecule has 0 fully saturated rings. The average molecular weight is 658 g/mol. The third kappa shape index (κ3) is 7.97. The zero-order valence-corrected chi connectivity index (χ0v) is 22.0. The number of para-hydroxylation sites is 2. The van der Waals surface area contributed by atoms with Crippen LogP contribution in [0.4, 0.5) is 73.6 Å². The van der Waals surface area contributed by atoms with Gasteiger partial charge in [-0.15, -0.1) is 0 Å². The summed E-state index contributed by atoms with van der Waals surface area (Å²) in [5, 5.41) is 4.30. The van der Waals surface area contributed by atoms with Gasteiger partial charge < -0.3 is 14.2 Å². The van der Waals surface area contributed by atoms with Crippen molar-refractivity contribution in [2.45, 2.75) is 48.6 Å². The van der Waals surface area contributed by atoms with Crippen molar-refractivity contribution in [3.63, 3.8) is 0 Å². The lowest BCUT2D eigenvalue weighted by Crippen LogP contribution is -2.69. The first-order valence-corrected chi connectivity index (χ1v) is 11.9. The van der Waals surface area contributed by atoms with Gasteiger partial charge >= 0.3 is 48.2 Å². The van der Waals surface area contributed by atoms with E-state index in [2.05, 4.69) is 15.4 Å². The zero-order chi connectivity index (χ0) is 33.6. The van der Waals surface area contributed by atoms with E-state index in [0.29, 0.717) is 6.92 Å². The summed E-state index contributed by atoms with van der Waals surface area (Å²) < 4.78 is 176. The van der Waals surface area contributed by atoms with E-state index < -0.39 is 73.6 Å². The van der Waals surface area contributed by atoms with Crippen LogP contribution < -0.4 is 10.6 Å². The molecule has 0 aliphatic rings. The molecule has 0 aliphatic carbocycles. The molecule has 0 heterocycles. The van der Waals surface area contributed by atoms with E-state index >= 15 is 0 Å². The Balaban J connectivity index is 2.26. The molecule has 0 radical (unpaired) electrons. The summed E-state index contributed by atoms with van der Waals surface area (Å²) in [5.74, 6) is -36.5. The molecule has 19 heteroatoms. The number of carbonyl (C=O) groups excluding carboxylic acids is 2. The van der Waals surface area contributed by atoms with Crippen molar-refractivity contribution in [2.75, 3.05) is 30.5 Å². The van der Waals surface area contributed by atoms with Crippen LogP contribution in [0, 0.1) is 0 Å². The molecule has 0 aromatic heterocycles. The first-order chi connectivity index (χ1) is 20.1. The number of alkyl halides is 12. The van der Waals surface area contributed by atoms with Gasteiger partial charge in [-0.3, -0.25) is 10.6 Å². The quantitative estimate of drug-likeness (QED) is 0.203. The highest BCUT2D eigenvalue weighted by Crippen LogP contribution is 2.58. The van der Waals surface area contributed by atoms with Crippen molar-refractivity contribution in [3.8, 4) is 0 Å². The Morgan fingerprint density at radius 3 is 1.39 bits per heavy atom. The smallest absolute Gasteiger partial charge is 0.411 e. The highest BCUT2D eigenvalue weighted by Gasteiger charge is 2.87. The maximum absolute atomic E-state index is 14.4. The monoisotopic (exact) mass is 658 g/mol. The molecule has 0 atom stereocenters. The molecule has 7 nitrogen and oxygen atoms in total. The van der Waals surface area contributed by atoms with Crippen LogP contribution in [0.15, 0.2) is 60.7 Å². The van der Waals surface area contributed by atoms with Gasteiger partial charge in [0.25, 0.3) is 0 Å². The van der Waals surface area contributed by atoms with E-state index in [0.717, 1.165) is 0 Å². The van der Waals surface area contributed by atoms with E-state index in [1.54, 1.807) is 12.1 Å². The number of anilines is 2. The van der Waals surface area contributed by atoms with Crippen molar-refractivity contribution >= 4 is 23.6 Å². The van der Waals surface area contributed by atoms with E-state index in [-0.39, 0.29) is 11.4 Å². The van der Waals surface area contributed by atoms with Crippen LogP contribution in [0.2, 0.25) is 0 Å². The summed E-state index contributed by atoms with van der Waals surface area (Å²) in [4.78, 5) is 24.2. The first-order valence-electron chi connectivity index (χ1n) is 11.9. The summed E-state index contributed by atoms with van der Waals surface area (Å²) in [6.07, 6.45) is -8.29. The van der Waals surface area contributed by atoms with Gasteiger partial charge in [-0.25, -0.2) is 18.4 Å². The van der Waals surface area contributed by atoms with Crippen LogP contribution in [-0.2, 0) is 14.2 Å². The predicted molar refractivity (Wildman–Crippen MR) is 128 cm³/mol. The zero-order valence-electron chi connectivity index (χ0n) is 22.0. The first kappa shape index (κ1) is 36.3. The molecule has 2 amide bonds. The fraction of sp³-hybridized carbons (Fsp3) is 0.440. The van der Waals surface area contributed by atoms with Crippen LogP contribution in [0.1, 0.15) is 6.92 Å². The van der Waals surface area contributed by atoms with Gasteiger partial charge in [-0.2, -0.15) is 43.9 Å². The van der Waals surface area contributed by atoms with E-state index in [1.165, 1.54) is 48.5 Å². The van der Waals surface area contributed by atoms with E-state index in [9.17, 15) is 62.3 Å². The standard InChI is InChI=1S/C25H22F12N2O5/c1-20(12-42-18(40)38-15-8-4-2-5-9-15,13-43-19(41)39-16-10-6-3-7-11-16)44-14-21(28,29)23(32,33)25(36,37)24(34,35)22(30,31)17(26)27/h2-11,17H,12-14H2,1H3,(H,38,40)(H,39,41). The largest absolute Gasteiger partial charge is 0.446 e. The lowest BCUT2D eigenvalue weighted by Gasteiger charge is -2.40. The van der Waals surface area contributed by atoms with Gasteiger partial charge in [0.1, 0.15) is 25.4 Å². The molecule has 2 N–H and O–H groups in total. The Kier molecular flexibility index (Phi) is 11.0. The number of hydrogen-bond donors (Lipinski definition) is 2. The normalized spacial score (nSPS) is 13.4. The Labute approximate surface area is 240 Å². The summed E-state index contributed by atoms with van der Waals surface area (Å²) in [6.45, 7) is -4.80. The minimum Gasteiger partial charge on any atom is -0.446 e. The molecule has 0 saturated heterocycles. The van der Waals surface area contributed by atoms with E-state index in [1.807, 2.05) is 0 Å². The predicted octanol–water partition coefficient (Wildman–Crippen LogP) is 7.70. The minimum absolute atomic E-state index is 0.133. The van der Waals surface area contributed by atoms with Crippen LogP contribution in [0.25, 0.3) is 0 Å². The van der Waals surface area contributed by atoms with Crippen molar-refractivity contribution in [1.82, 2.24) is 0 Å². The highest BCUT2D eigenvalue weighted by atomic mass is 19.4. The van der Waals surface area contributed by atoms with Crippen LogP contribution >= 0.6 is 0 Å². The number of ether oxygens (including phenoxy) is 3. The molecule has 2 rings (SSSR count). The second-order valence-electron chi connectivity index (χ2n) is 9.22. The maximum Gasteiger partial charge on any atom is 0.411 e. The number of hydrogen-bond acceptors (Lipinski definition) is 5. The van der Waals surface area contributed by atoms with Gasteiger partial charge in [0, 0.05) is 11.4 Å². The molecule has 0 aliphatic heterocycles. The van der Waals surface area contributed by atoms with Gasteiger partial charge in [-0.1, -0.05) is 36.4 Å². The molecule has 2 aromatic rings. The summed E-state index contributed by atoms with van der Waals surface area (Å²) in [6, 6.07) is 14.5. The number of carbonyl (C=O) groups is 2. The Morgan fingerprint density at radius 2 is 1.02 bits per heavy atom. The minimum atomic E-state index is -7.76. The maximum atomic E-state index is 14.4. The summed E-state index contributed by atoms with van der Waals surface area (Å²) >= 11 is 0. The van der Waals surface area contributed by atoms with Gasteiger partial charge in [0.15, 0.2) is 0 Å². The van der Waals surface area contributed by atoms with Crippen LogP contribution in [-0.4, -0.2) is 73.6 Å². The molecule has 0 unspecified atom stereocenters. The highest BCUT2D eigenvalue weighted by molar-refractivity contribution is 5.85. The molecule has 0 saturated carbocycles. The SMILES string of the molecule is CC(COC(=O)Nc1ccccc1)(COC(=O)Nc1ccccc1)OCC(F)(F)C(F)(F)C(F)(F)C(F)(F)C(F)(F)C(F)F. The summed E-state index contributed by atoms with van der Waals surface area (Å²) in [5.41, 5.74) is -2.35. The van der Waals surface area contributed by atoms with Gasteiger partial charge in [0.2, 0.25) is 0 Å². The third-order valence-corrected chi connectivity index (χ3v) is 5.60. The molecule has 0 bridgehead atoms. The Bertz CT molecular complexity index is 1190. The van der Waals surface area contributed by atoms with Crippen molar-refractivity contribution in [1.29, 1.82) is 0 Å². The van der Waals surface area contributed by atoms with Crippen LogP contribution in [0.5, 0.6) is 0 Å². The number of amides is 2. The number of benzene rings is 2. The Hall–Kier alpha value is -3.90. The second kappa shape index (κ2) is 13.4. The van der Waals surface area contributed by atoms with Crippen molar-refractivity contribution in [2.24, 2.45) is 0 Å². The molecule has 2 aromatic carbocycles. The fourth-order valence-corrected chi connectivity index (χ4v) is 3.04. The number of nitrogens with one attached hydrogen (secondary N) is 2. The Morgan fingerprint density at radius 1 is 0.636 bits per heavy atom. The fourth-order valence-electron chi connectivity index (χ4n) is 3.04. The van der Waals surface area contributed by atoms with Crippen molar-refractivity contribution in [3.05, 3.63) is 60.7 Å². The van der Waals surface area contributed by atoms with E-state index in [4.69, 9.17) is 9.47 Å². The van der Waals surface area contributed by atoms with Gasteiger partial charge in [-0.05, 0) is 31.2 Å². The number of halogens is 12.